The first-order chi connectivity index (χ1) is 11.7. The van der Waals surface area contributed by atoms with Gasteiger partial charge in [-0.2, -0.15) is 0 Å². The van der Waals surface area contributed by atoms with Gasteiger partial charge in [-0.1, -0.05) is 18.2 Å². The summed E-state index contributed by atoms with van der Waals surface area (Å²) in [6, 6.07) is 8.08. The molecule has 0 aromatic heterocycles. The molecular formula is C19H27N3O2. The van der Waals surface area contributed by atoms with Crippen molar-refractivity contribution < 1.29 is 9.59 Å². The van der Waals surface area contributed by atoms with Gasteiger partial charge in [0.05, 0.1) is 0 Å². The number of hydrogen-bond acceptors (Lipinski definition) is 3. The summed E-state index contributed by atoms with van der Waals surface area (Å²) < 4.78 is 0. The number of para-hydroxylation sites is 1. The molecule has 2 amide bonds. The van der Waals surface area contributed by atoms with Crippen LogP contribution in [0.5, 0.6) is 0 Å². The van der Waals surface area contributed by atoms with Crippen LogP contribution in [0.4, 0.5) is 5.69 Å². The van der Waals surface area contributed by atoms with Crippen molar-refractivity contribution in [3.8, 4) is 0 Å². The molecule has 1 saturated heterocycles. The first-order valence-corrected chi connectivity index (χ1v) is 9.05. The van der Waals surface area contributed by atoms with Gasteiger partial charge in [0.15, 0.2) is 0 Å². The minimum Gasteiger partial charge on any atom is -0.342 e. The number of fused-ring (bicyclic) bond motifs is 1. The topological polar surface area (TPSA) is 66.6 Å². The number of hydrogen-bond donors (Lipinski definition) is 1. The van der Waals surface area contributed by atoms with Gasteiger partial charge < -0.3 is 15.5 Å². The van der Waals surface area contributed by atoms with Crippen molar-refractivity contribution in [2.45, 2.75) is 38.5 Å². The molecule has 1 aromatic rings. The van der Waals surface area contributed by atoms with Gasteiger partial charge in [-0.25, -0.2) is 0 Å². The molecule has 5 heteroatoms. The summed E-state index contributed by atoms with van der Waals surface area (Å²) in [6.45, 7) is 3.03. The molecule has 0 spiro atoms. The van der Waals surface area contributed by atoms with Crippen molar-refractivity contribution in [2.24, 2.45) is 11.7 Å². The number of carbonyl (C=O) groups excluding carboxylic acids is 2. The van der Waals surface area contributed by atoms with E-state index in [-0.39, 0.29) is 11.8 Å². The highest BCUT2D eigenvalue weighted by molar-refractivity contribution is 5.96. The molecule has 5 nitrogen and oxygen atoms in total. The number of amides is 2. The summed E-state index contributed by atoms with van der Waals surface area (Å²) in [5.74, 6) is 0.951. The Morgan fingerprint density at radius 1 is 1.25 bits per heavy atom. The van der Waals surface area contributed by atoms with E-state index in [1.54, 1.807) is 0 Å². The van der Waals surface area contributed by atoms with Gasteiger partial charge in [-0.3, -0.25) is 9.59 Å². The molecule has 1 atom stereocenters. The zero-order valence-electron chi connectivity index (χ0n) is 14.2. The molecule has 0 aliphatic carbocycles. The molecule has 1 aromatic carbocycles. The van der Waals surface area contributed by atoms with E-state index in [1.807, 2.05) is 28.0 Å². The van der Waals surface area contributed by atoms with E-state index >= 15 is 0 Å². The Bertz CT molecular complexity index is 602. The summed E-state index contributed by atoms with van der Waals surface area (Å²) in [4.78, 5) is 28.4. The monoisotopic (exact) mass is 329 g/mol. The third kappa shape index (κ3) is 3.78. The Kier molecular flexibility index (Phi) is 5.51. The number of nitrogens with zero attached hydrogens (tertiary/aromatic N) is 2. The molecular weight excluding hydrogens is 302 g/mol. The quantitative estimate of drug-likeness (QED) is 0.867. The Hall–Kier alpha value is -1.88. The number of benzene rings is 1. The molecule has 24 heavy (non-hydrogen) atoms. The van der Waals surface area contributed by atoms with Crippen LogP contribution in [0.2, 0.25) is 0 Å². The Morgan fingerprint density at radius 3 is 2.92 bits per heavy atom. The summed E-state index contributed by atoms with van der Waals surface area (Å²) in [6.07, 6.45) is 4.70. The third-order valence-electron chi connectivity index (χ3n) is 5.18. The molecule has 2 N–H and O–H groups in total. The van der Waals surface area contributed by atoms with Crippen LogP contribution in [0.15, 0.2) is 24.3 Å². The van der Waals surface area contributed by atoms with Crippen LogP contribution in [-0.2, 0) is 16.0 Å². The molecule has 1 unspecified atom stereocenters. The van der Waals surface area contributed by atoms with Crippen molar-refractivity contribution in [3.63, 3.8) is 0 Å². The van der Waals surface area contributed by atoms with Gasteiger partial charge in [0.25, 0.3) is 0 Å². The van der Waals surface area contributed by atoms with E-state index in [9.17, 15) is 9.59 Å². The number of rotatable bonds is 6. The second kappa shape index (κ2) is 7.79. The van der Waals surface area contributed by atoms with E-state index in [0.717, 1.165) is 44.5 Å². The van der Waals surface area contributed by atoms with Crippen molar-refractivity contribution >= 4 is 17.5 Å². The van der Waals surface area contributed by atoms with Crippen LogP contribution in [0.1, 0.15) is 37.7 Å². The Morgan fingerprint density at radius 2 is 2.08 bits per heavy atom. The SMILES string of the molecule is NCCC1CCN(C(=O)CCCN2C(=O)CCc3ccccc32)C1. The number of likely N-dealkylation sites (tertiary alicyclic amines) is 1. The lowest BCUT2D eigenvalue weighted by molar-refractivity contribution is -0.130. The average molecular weight is 329 g/mol. The molecule has 2 aliphatic heterocycles. The average Bonchev–Trinajstić information content (AvgIpc) is 3.06. The van der Waals surface area contributed by atoms with E-state index in [0.29, 0.717) is 31.8 Å². The number of nitrogens with two attached hydrogens (primary N) is 1. The minimum atomic E-state index is 0.172. The molecule has 2 heterocycles. The van der Waals surface area contributed by atoms with Gasteiger partial charge in [-0.05, 0) is 49.8 Å². The molecule has 0 radical (unpaired) electrons. The largest absolute Gasteiger partial charge is 0.342 e. The maximum Gasteiger partial charge on any atom is 0.227 e. The maximum atomic E-state index is 12.4. The molecule has 2 aliphatic rings. The first-order valence-electron chi connectivity index (χ1n) is 9.05. The molecule has 130 valence electrons. The molecule has 0 saturated carbocycles. The standard InChI is InChI=1S/C19H27N3O2/c20-11-9-15-10-13-21(14-15)18(23)6-3-12-22-17-5-2-1-4-16(17)7-8-19(22)24/h1-2,4-5,15H,3,6-14,20H2. The lowest BCUT2D eigenvalue weighted by atomic mass is 10.0. The Balaban J connectivity index is 1.50. The second-order valence-electron chi connectivity index (χ2n) is 6.85. The fourth-order valence-corrected chi connectivity index (χ4v) is 3.82. The fraction of sp³-hybridized carbons (Fsp3) is 0.579. The highest BCUT2D eigenvalue weighted by atomic mass is 16.2. The van der Waals surface area contributed by atoms with Crippen LogP contribution in [-0.4, -0.2) is 42.9 Å². The normalized spacial score (nSPS) is 20.4. The van der Waals surface area contributed by atoms with Gasteiger partial charge in [0.2, 0.25) is 11.8 Å². The predicted octanol–water partition coefficient (Wildman–Crippen LogP) is 1.94. The minimum absolute atomic E-state index is 0.172. The van der Waals surface area contributed by atoms with Crippen molar-refractivity contribution in [1.82, 2.24) is 4.90 Å². The zero-order chi connectivity index (χ0) is 16.9. The van der Waals surface area contributed by atoms with E-state index < -0.39 is 0 Å². The van der Waals surface area contributed by atoms with Crippen LogP contribution >= 0.6 is 0 Å². The first kappa shape index (κ1) is 17.0. The maximum absolute atomic E-state index is 12.4. The zero-order valence-corrected chi connectivity index (χ0v) is 14.2. The van der Waals surface area contributed by atoms with Crippen LogP contribution in [0, 0.1) is 5.92 Å². The molecule has 1 fully saturated rings. The van der Waals surface area contributed by atoms with Crippen molar-refractivity contribution in [3.05, 3.63) is 29.8 Å². The number of carbonyl (C=O) groups is 2. The van der Waals surface area contributed by atoms with Crippen LogP contribution < -0.4 is 10.6 Å². The second-order valence-corrected chi connectivity index (χ2v) is 6.85. The van der Waals surface area contributed by atoms with E-state index in [4.69, 9.17) is 5.73 Å². The van der Waals surface area contributed by atoms with Gasteiger partial charge in [0.1, 0.15) is 0 Å². The summed E-state index contributed by atoms with van der Waals surface area (Å²) in [7, 11) is 0. The smallest absolute Gasteiger partial charge is 0.227 e. The van der Waals surface area contributed by atoms with Crippen LogP contribution in [0.3, 0.4) is 0 Å². The van der Waals surface area contributed by atoms with E-state index in [2.05, 4.69) is 6.07 Å². The van der Waals surface area contributed by atoms with E-state index in [1.165, 1.54) is 5.56 Å². The van der Waals surface area contributed by atoms with Crippen LogP contribution in [0.25, 0.3) is 0 Å². The van der Waals surface area contributed by atoms with Gasteiger partial charge in [0, 0.05) is 38.2 Å². The third-order valence-corrected chi connectivity index (χ3v) is 5.18. The highest BCUT2D eigenvalue weighted by Crippen LogP contribution is 2.28. The van der Waals surface area contributed by atoms with Gasteiger partial charge >= 0.3 is 0 Å². The predicted molar refractivity (Wildman–Crippen MR) is 94.7 cm³/mol. The highest BCUT2D eigenvalue weighted by Gasteiger charge is 2.26. The lowest BCUT2D eigenvalue weighted by Crippen LogP contribution is -2.36. The summed E-state index contributed by atoms with van der Waals surface area (Å²) in [5.41, 5.74) is 7.85. The molecule has 0 bridgehead atoms. The van der Waals surface area contributed by atoms with Crippen molar-refractivity contribution in [2.75, 3.05) is 31.1 Å². The summed E-state index contributed by atoms with van der Waals surface area (Å²) in [5, 5.41) is 0. The van der Waals surface area contributed by atoms with Gasteiger partial charge in [-0.15, -0.1) is 0 Å². The fourth-order valence-electron chi connectivity index (χ4n) is 3.82. The van der Waals surface area contributed by atoms with Crippen molar-refractivity contribution in [1.29, 1.82) is 0 Å². The number of anilines is 1. The number of aryl methyl sites for hydroxylation is 1. The lowest BCUT2D eigenvalue weighted by Gasteiger charge is -2.29. The Labute approximate surface area is 143 Å². The summed E-state index contributed by atoms with van der Waals surface area (Å²) >= 11 is 0. The molecule has 3 rings (SSSR count).